The molecule has 0 radical (unpaired) electrons. The molecule has 1 aliphatic carbocycles. The van der Waals surface area contributed by atoms with E-state index in [1.165, 1.54) is 11.3 Å². The van der Waals surface area contributed by atoms with Gasteiger partial charge in [-0.2, -0.15) is 0 Å². The second-order valence-corrected chi connectivity index (χ2v) is 9.64. The lowest BCUT2D eigenvalue weighted by molar-refractivity contribution is -0.157. The number of hydrogen-bond acceptors (Lipinski definition) is 9. The first-order valence-electron chi connectivity index (χ1n) is 11.8. The van der Waals surface area contributed by atoms with Crippen molar-refractivity contribution in [3.05, 3.63) is 34.5 Å². The molecule has 0 spiro atoms. The Kier molecular flexibility index (Phi) is 7.77. The normalized spacial score (nSPS) is 18.5. The van der Waals surface area contributed by atoms with E-state index in [2.05, 4.69) is 15.3 Å². The van der Waals surface area contributed by atoms with E-state index >= 15 is 0 Å². The molecule has 3 heterocycles. The van der Waals surface area contributed by atoms with Crippen molar-refractivity contribution in [1.82, 2.24) is 9.97 Å². The molecule has 2 aliphatic rings. The Balaban J connectivity index is 1.40. The van der Waals surface area contributed by atoms with Gasteiger partial charge < -0.3 is 19.7 Å². The Morgan fingerprint density at radius 3 is 2.74 bits per heavy atom. The van der Waals surface area contributed by atoms with Gasteiger partial charge in [-0.3, -0.25) is 9.59 Å². The van der Waals surface area contributed by atoms with Gasteiger partial charge in [-0.25, -0.2) is 14.8 Å². The number of aryl methyl sites for hydroxylation is 1. The first-order valence-corrected chi connectivity index (χ1v) is 12.6. The van der Waals surface area contributed by atoms with Crippen molar-refractivity contribution < 1.29 is 23.9 Å². The lowest BCUT2D eigenvalue weighted by Crippen LogP contribution is -2.42. The van der Waals surface area contributed by atoms with Gasteiger partial charge in [-0.05, 0) is 64.0 Å². The van der Waals surface area contributed by atoms with Gasteiger partial charge in [0, 0.05) is 30.4 Å². The molecule has 4 rings (SSSR count). The molecule has 0 aromatic carbocycles. The fourth-order valence-electron chi connectivity index (χ4n) is 4.42. The number of fused-ring (bicyclic) bond motifs is 1. The van der Waals surface area contributed by atoms with E-state index in [4.69, 9.17) is 9.47 Å². The molecule has 1 aliphatic heterocycles. The van der Waals surface area contributed by atoms with E-state index < -0.39 is 23.9 Å². The van der Waals surface area contributed by atoms with Crippen molar-refractivity contribution in [2.45, 2.75) is 58.5 Å². The second-order valence-electron chi connectivity index (χ2n) is 8.54. The Hall–Kier alpha value is -3.01. The van der Waals surface area contributed by atoms with Crippen LogP contribution in [0.2, 0.25) is 0 Å². The molecular weight excluding hydrogens is 456 g/mol. The zero-order valence-corrected chi connectivity index (χ0v) is 20.4. The second kappa shape index (κ2) is 10.9. The Bertz CT molecular complexity index is 1040. The molecule has 0 bridgehead atoms. The molecule has 10 heteroatoms. The van der Waals surface area contributed by atoms with Crippen LogP contribution in [0.25, 0.3) is 0 Å². The predicted octanol–water partition coefficient (Wildman–Crippen LogP) is 3.38. The van der Waals surface area contributed by atoms with Crippen LogP contribution in [0.15, 0.2) is 18.5 Å². The summed E-state index contributed by atoms with van der Waals surface area (Å²) in [6.45, 7) is 4.78. The van der Waals surface area contributed by atoms with Crippen molar-refractivity contribution in [3.8, 4) is 0 Å². The molecule has 182 valence electrons. The summed E-state index contributed by atoms with van der Waals surface area (Å²) in [6, 6.07) is 1.75. The molecule has 1 saturated heterocycles. The molecule has 9 nitrogen and oxygen atoms in total. The van der Waals surface area contributed by atoms with Crippen LogP contribution in [0.4, 0.5) is 10.9 Å². The summed E-state index contributed by atoms with van der Waals surface area (Å²) in [5.74, 6) is -1.08. The number of amides is 1. The quantitative estimate of drug-likeness (QED) is 0.593. The first-order chi connectivity index (χ1) is 16.5. The average molecular weight is 487 g/mol. The molecule has 2 unspecified atom stereocenters. The number of aromatic nitrogens is 2. The third-order valence-electron chi connectivity index (χ3n) is 6.14. The average Bonchev–Trinajstić information content (AvgIpc) is 3.22. The van der Waals surface area contributed by atoms with Crippen molar-refractivity contribution in [3.63, 3.8) is 0 Å². The van der Waals surface area contributed by atoms with Gasteiger partial charge in [0.25, 0.3) is 5.91 Å². The number of esters is 2. The number of carbonyl (C=O) groups is 3. The smallest absolute Gasteiger partial charge is 0.341 e. The van der Waals surface area contributed by atoms with Gasteiger partial charge in [-0.15, -0.1) is 11.3 Å². The predicted molar refractivity (Wildman–Crippen MR) is 128 cm³/mol. The van der Waals surface area contributed by atoms with Crippen LogP contribution >= 0.6 is 11.3 Å². The first kappa shape index (κ1) is 24.1. The number of nitrogens with one attached hydrogen (secondary N) is 1. The zero-order valence-electron chi connectivity index (χ0n) is 19.5. The Morgan fingerprint density at radius 1 is 1.21 bits per heavy atom. The Morgan fingerprint density at radius 2 is 1.97 bits per heavy atom. The van der Waals surface area contributed by atoms with Crippen LogP contribution in [-0.2, 0) is 31.9 Å². The van der Waals surface area contributed by atoms with E-state index in [0.717, 1.165) is 49.1 Å². The molecule has 1 N–H and O–H groups in total. The molecular formula is C24H30N4O5S. The minimum absolute atomic E-state index is 0.261. The summed E-state index contributed by atoms with van der Waals surface area (Å²) in [5, 5.41) is 3.30. The number of rotatable bonds is 7. The number of piperidine rings is 1. The monoisotopic (exact) mass is 486 g/mol. The van der Waals surface area contributed by atoms with E-state index in [9.17, 15) is 14.4 Å². The maximum Gasteiger partial charge on any atom is 0.341 e. The number of thiophene rings is 1. The molecule has 2 aromatic rings. The number of ether oxygens (including phenoxy) is 2. The fourth-order valence-corrected chi connectivity index (χ4v) is 5.70. The third kappa shape index (κ3) is 5.38. The molecule has 2 aromatic heterocycles. The summed E-state index contributed by atoms with van der Waals surface area (Å²) in [4.78, 5) is 49.9. The fraction of sp³-hybridized carbons (Fsp3) is 0.542. The SMILES string of the molecule is CCOC(=O)c1c(NC(=O)C(C)OC(=O)C2CCCN(c3ncccn3)C2)sc2c1CCCC2. The van der Waals surface area contributed by atoms with Crippen molar-refractivity contribution in [2.75, 3.05) is 29.9 Å². The van der Waals surface area contributed by atoms with E-state index in [0.29, 0.717) is 29.5 Å². The highest BCUT2D eigenvalue weighted by Crippen LogP contribution is 2.38. The van der Waals surface area contributed by atoms with Crippen molar-refractivity contribution in [1.29, 1.82) is 0 Å². The van der Waals surface area contributed by atoms with Crippen LogP contribution in [-0.4, -0.2) is 53.6 Å². The van der Waals surface area contributed by atoms with Gasteiger partial charge in [0.2, 0.25) is 5.95 Å². The highest BCUT2D eigenvalue weighted by molar-refractivity contribution is 7.17. The standard InChI is InChI=1S/C24H30N4O5S/c1-3-32-23(31)19-17-9-4-5-10-18(17)34-21(19)27-20(29)15(2)33-22(30)16-8-6-13-28(14-16)24-25-11-7-12-26-24/h7,11-12,15-16H,3-6,8-10,13-14H2,1-2H3,(H,27,29). The highest BCUT2D eigenvalue weighted by Gasteiger charge is 2.32. The van der Waals surface area contributed by atoms with Gasteiger partial charge in [-0.1, -0.05) is 0 Å². The number of anilines is 2. The summed E-state index contributed by atoms with van der Waals surface area (Å²) < 4.78 is 10.8. The number of hydrogen-bond donors (Lipinski definition) is 1. The van der Waals surface area contributed by atoms with Crippen LogP contribution in [0, 0.1) is 5.92 Å². The minimum Gasteiger partial charge on any atom is -0.462 e. The molecule has 0 saturated carbocycles. The molecule has 34 heavy (non-hydrogen) atoms. The molecule has 2 atom stereocenters. The van der Waals surface area contributed by atoms with E-state index in [1.54, 1.807) is 32.3 Å². The van der Waals surface area contributed by atoms with Crippen LogP contribution in [0.1, 0.15) is 60.3 Å². The molecule has 1 amide bonds. The summed E-state index contributed by atoms with van der Waals surface area (Å²) in [6.07, 6.45) is 7.58. The minimum atomic E-state index is -0.995. The maximum atomic E-state index is 12.9. The van der Waals surface area contributed by atoms with Crippen molar-refractivity contribution in [2.24, 2.45) is 5.92 Å². The van der Waals surface area contributed by atoms with Gasteiger partial charge >= 0.3 is 11.9 Å². The highest BCUT2D eigenvalue weighted by atomic mass is 32.1. The van der Waals surface area contributed by atoms with Crippen molar-refractivity contribution >= 4 is 40.1 Å². The molecule has 1 fully saturated rings. The zero-order chi connectivity index (χ0) is 24.1. The summed E-state index contributed by atoms with van der Waals surface area (Å²) in [7, 11) is 0. The number of carbonyl (C=O) groups excluding carboxylic acids is 3. The Labute approximate surface area is 202 Å². The van der Waals surface area contributed by atoms with Crippen LogP contribution in [0.3, 0.4) is 0 Å². The lowest BCUT2D eigenvalue weighted by Gasteiger charge is -2.31. The summed E-state index contributed by atoms with van der Waals surface area (Å²) in [5.41, 5.74) is 1.42. The van der Waals surface area contributed by atoms with Gasteiger partial charge in [0.1, 0.15) is 5.00 Å². The number of nitrogens with zero attached hydrogens (tertiary/aromatic N) is 3. The topological polar surface area (TPSA) is 111 Å². The van der Waals surface area contributed by atoms with Gasteiger partial charge in [0.15, 0.2) is 6.10 Å². The third-order valence-corrected chi connectivity index (χ3v) is 7.35. The van der Waals surface area contributed by atoms with Gasteiger partial charge in [0.05, 0.1) is 18.1 Å². The van der Waals surface area contributed by atoms with E-state index in [1.807, 2.05) is 4.90 Å². The lowest BCUT2D eigenvalue weighted by atomic mass is 9.95. The summed E-state index contributed by atoms with van der Waals surface area (Å²) >= 11 is 1.41. The van der Waals surface area contributed by atoms with Crippen LogP contribution in [0.5, 0.6) is 0 Å². The largest absolute Gasteiger partial charge is 0.462 e. The maximum absolute atomic E-state index is 12.9. The van der Waals surface area contributed by atoms with Crippen LogP contribution < -0.4 is 10.2 Å². The van der Waals surface area contributed by atoms with E-state index in [-0.39, 0.29) is 12.5 Å².